The van der Waals surface area contributed by atoms with Crippen LogP contribution in [0.4, 0.5) is 0 Å². The van der Waals surface area contributed by atoms with Crippen LogP contribution in [0, 0.1) is 11.3 Å². The molecule has 1 saturated carbocycles. The molecule has 0 bridgehead atoms. The van der Waals surface area contributed by atoms with Gasteiger partial charge in [0.25, 0.3) is 0 Å². The average Bonchev–Trinajstić information content (AvgIpc) is 2.84. The fourth-order valence-electron chi connectivity index (χ4n) is 1.15. The zero-order valence-corrected chi connectivity index (χ0v) is 9.36. The molecule has 1 aliphatic rings. The zero-order chi connectivity index (χ0) is 9.26. The van der Waals surface area contributed by atoms with Crippen molar-refractivity contribution in [2.45, 2.75) is 24.9 Å². The molecular weight excluding hydrogens is 248 g/mol. The van der Waals surface area contributed by atoms with E-state index in [1.807, 2.05) is 11.4 Å². The highest BCUT2D eigenvalue weighted by molar-refractivity contribution is 9.10. The van der Waals surface area contributed by atoms with Crippen LogP contribution in [0.3, 0.4) is 0 Å². The van der Waals surface area contributed by atoms with Crippen molar-refractivity contribution >= 4 is 27.3 Å². The number of rotatable bonds is 3. The van der Waals surface area contributed by atoms with Gasteiger partial charge in [0.05, 0.1) is 6.07 Å². The second-order valence-corrected chi connectivity index (χ2v) is 5.03. The third kappa shape index (κ3) is 2.31. The van der Waals surface area contributed by atoms with E-state index < -0.39 is 0 Å². The quantitative estimate of drug-likeness (QED) is 0.903. The highest BCUT2D eigenvalue weighted by atomic mass is 79.9. The van der Waals surface area contributed by atoms with Crippen LogP contribution in [0.5, 0.6) is 0 Å². The molecule has 1 atom stereocenters. The highest BCUT2D eigenvalue weighted by Gasteiger charge is 2.25. The second-order valence-electron chi connectivity index (χ2n) is 3.17. The van der Waals surface area contributed by atoms with Gasteiger partial charge in [-0.05, 0) is 34.8 Å². The summed E-state index contributed by atoms with van der Waals surface area (Å²) in [6, 6.07) is 4.74. The average molecular weight is 257 g/mol. The maximum absolute atomic E-state index is 8.94. The molecule has 1 N–H and O–H groups in total. The molecule has 4 heteroatoms. The maximum atomic E-state index is 8.94. The van der Waals surface area contributed by atoms with Gasteiger partial charge in [0.2, 0.25) is 0 Å². The van der Waals surface area contributed by atoms with Crippen LogP contribution in [0.25, 0.3) is 0 Å². The highest BCUT2D eigenvalue weighted by Crippen LogP contribution is 2.28. The van der Waals surface area contributed by atoms with E-state index in [0.717, 1.165) is 9.35 Å². The minimum absolute atomic E-state index is 0.121. The number of halogens is 1. The molecule has 68 valence electrons. The minimum Gasteiger partial charge on any atom is -0.295 e. The number of thiophene rings is 1. The Morgan fingerprint density at radius 1 is 1.69 bits per heavy atom. The molecule has 13 heavy (non-hydrogen) atoms. The lowest BCUT2D eigenvalue weighted by Gasteiger charge is -2.07. The molecule has 0 saturated heterocycles. The monoisotopic (exact) mass is 256 g/mol. The van der Waals surface area contributed by atoms with Gasteiger partial charge in [-0.25, -0.2) is 0 Å². The number of hydrogen-bond acceptors (Lipinski definition) is 3. The molecule has 1 heterocycles. The topological polar surface area (TPSA) is 35.8 Å². The summed E-state index contributed by atoms with van der Waals surface area (Å²) in [5, 5.41) is 14.3. The van der Waals surface area contributed by atoms with Crippen LogP contribution in [0.2, 0.25) is 0 Å². The number of hydrogen-bond donors (Lipinski definition) is 1. The first-order chi connectivity index (χ1) is 6.29. The Morgan fingerprint density at radius 2 is 2.46 bits per heavy atom. The van der Waals surface area contributed by atoms with Crippen molar-refractivity contribution in [2.24, 2.45) is 0 Å². The Bertz CT molecular complexity index is 338. The first-order valence-electron chi connectivity index (χ1n) is 4.19. The first kappa shape index (κ1) is 9.20. The van der Waals surface area contributed by atoms with E-state index in [4.69, 9.17) is 5.26 Å². The summed E-state index contributed by atoms with van der Waals surface area (Å²) >= 11 is 5.00. The molecule has 0 amide bonds. The van der Waals surface area contributed by atoms with Gasteiger partial charge >= 0.3 is 0 Å². The van der Waals surface area contributed by atoms with Crippen LogP contribution >= 0.6 is 27.3 Å². The smallest absolute Gasteiger partial charge is 0.130 e. The van der Waals surface area contributed by atoms with E-state index in [1.54, 1.807) is 11.3 Å². The van der Waals surface area contributed by atoms with Gasteiger partial charge in [-0.1, -0.05) is 0 Å². The summed E-state index contributed by atoms with van der Waals surface area (Å²) < 4.78 is 1.06. The molecule has 1 aliphatic carbocycles. The van der Waals surface area contributed by atoms with Crippen molar-refractivity contribution in [3.05, 3.63) is 20.8 Å². The minimum atomic E-state index is -0.121. The van der Waals surface area contributed by atoms with Crippen LogP contribution in [0.1, 0.15) is 23.8 Å². The van der Waals surface area contributed by atoms with Gasteiger partial charge < -0.3 is 0 Å². The molecule has 1 aromatic heterocycles. The van der Waals surface area contributed by atoms with Crippen molar-refractivity contribution in [3.8, 4) is 6.07 Å². The van der Waals surface area contributed by atoms with Crippen molar-refractivity contribution in [2.75, 3.05) is 0 Å². The van der Waals surface area contributed by atoms with Crippen molar-refractivity contribution in [1.82, 2.24) is 5.32 Å². The summed E-state index contributed by atoms with van der Waals surface area (Å²) in [4.78, 5) is 1.10. The number of nitriles is 1. The van der Waals surface area contributed by atoms with Crippen molar-refractivity contribution < 1.29 is 0 Å². The molecule has 0 radical (unpaired) electrons. The largest absolute Gasteiger partial charge is 0.295 e. The van der Waals surface area contributed by atoms with Gasteiger partial charge in [-0.2, -0.15) is 5.26 Å². The fraction of sp³-hybridized carbons (Fsp3) is 0.444. The van der Waals surface area contributed by atoms with Crippen LogP contribution in [0.15, 0.2) is 15.9 Å². The van der Waals surface area contributed by atoms with E-state index in [0.29, 0.717) is 6.04 Å². The summed E-state index contributed by atoms with van der Waals surface area (Å²) in [6.07, 6.45) is 2.43. The van der Waals surface area contributed by atoms with E-state index in [9.17, 15) is 0 Å². The van der Waals surface area contributed by atoms with E-state index in [2.05, 4.69) is 27.3 Å². The molecule has 2 nitrogen and oxygen atoms in total. The molecular formula is C9H9BrN2S. The normalized spacial score (nSPS) is 18.2. The third-order valence-electron chi connectivity index (χ3n) is 1.98. The lowest BCUT2D eigenvalue weighted by Crippen LogP contribution is -2.20. The number of nitrogens with zero attached hydrogens (tertiary/aromatic N) is 1. The molecule has 0 aliphatic heterocycles. The van der Waals surface area contributed by atoms with E-state index >= 15 is 0 Å². The van der Waals surface area contributed by atoms with Crippen molar-refractivity contribution in [3.63, 3.8) is 0 Å². The molecule has 2 rings (SSSR count). The summed E-state index contributed by atoms with van der Waals surface area (Å²) in [5.41, 5.74) is 0. The Hall–Kier alpha value is -0.370. The van der Waals surface area contributed by atoms with Crippen LogP contribution < -0.4 is 5.32 Å². The lowest BCUT2D eigenvalue weighted by molar-refractivity contribution is 0.634. The molecule has 0 spiro atoms. The number of nitrogens with one attached hydrogen (secondary N) is 1. The molecule has 1 fully saturated rings. The van der Waals surface area contributed by atoms with Gasteiger partial charge in [0.15, 0.2) is 0 Å². The van der Waals surface area contributed by atoms with Crippen LogP contribution in [-0.2, 0) is 0 Å². The van der Waals surface area contributed by atoms with Gasteiger partial charge in [0.1, 0.15) is 6.04 Å². The third-order valence-corrected chi connectivity index (χ3v) is 3.74. The Kier molecular flexibility index (Phi) is 2.68. The zero-order valence-electron chi connectivity index (χ0n) is 6.96. The standard InChI is InChI=1S/C9H9BrN2S/c10-6-3-9(13-5-6)8(4-11)12-7-1-2-7/h3,5,7-8,12H,1-2H2. The SMILES string of the molecule is N#CC(NC1CC1)c1cc(Br)cs1. The van der Waals surface area contributed by atoms with Crippen LogP contribution in [-0.4, -0.2) is 6.04 Å². The summed E-state index contributed by atoms with van der Waals surface area (Å²) in [7, 11) is 0. The fourth-order valence-corrected chi connectivity index (χ4v) is 2.60. The molecule has 0 aromatic carbocycles. The summed E-state index contributed by atoms with van der Waals surface area (Å²) in [6.45, 7) is 0. The van der Waals surface area contributed by atoms with E-state index in [-0.39, 0.29) is 6.04 Å². The second kappa shape index (κ2) is 3.79. The summed E-state index contributed by atoms with van der Waals surface area (Å²) in [5.74, 6) is 0. The first-order valence-corrected chi connectivity index (χ1v) is 5.86. The van der Waals surface area contributed by atoms with E-state index in [1.165, 1.54) is 12.8 Å². The van der Waals surface area contributed by atoms with Gasteiger partial charge in [-0.15, -0.1) is 11.3 Å². The molecule has 1 aromatic rings. The Morgan fingerprint density at radius 3 is 2.92 bits per heavy atom. The predicted octanol–water partition coefficient (Wildman–Crippen LogP) is 2.83. The molecule has 1 unspecified atom stereocenters. The predicted molar refractivity (Wildman–Crippen MR) is 56.5 cm³/mol. The van der Waals surface area contributed by atoms with Gasteiger partial charge in [0, 0.05) is 20.8 Å². The Balaban J connectivity index is 2.07. The van der Waals surface area contributed by atoms with Crippen molar-refractivity contribution in [1.29, 1.82) is 5.26 Å². The lowest BCUT2D eigenvalue weighted by atomic mass is 10.2. The maximum Gasteiger partial charge on any atom is 0.130 e. The van der Waals surface area contributed by atoms with Gasteiger partial charge in [-0.3, -0.25) is 5.32 Å². The Labute approximate surface area is 89.7 Å².